The van der Waals surface area contributed by atoms with E-state index in [2.05, 4.69) is 29.4 Å². The number of hydrogen-bond donors (Lipinski definition) is 2. The number of carbonyl (C=O) groups excluding carboxylic acids is 1. The number of nitrogens with one attached hydrogen (secondary N) is 2. The number of rotatable bonds is 4. The van der Waals surface area contributed by atoms with Gasteiger partial charge in [0.1, 0.15) is 0 Å². The lowest BCUT2D eigenvalue weighted by Gasteiger charge is -2.18. The molecule has 1 amide bonds. The normalized spacial score (nSPS) is 17.5. The summed E-state index contributed by atoms with van der Waals surface area (Å²) < 4.78 is 0. The van der Waals surface area contributed by atoms with Crippen LogP contribution in [0, 0.1) is 5.92 Å². The van der Waals surface area contributed by atoms with Crippen LogP contribution in [0.25, 0.3) is 0 Å². The molecule has 1 unspecified atom stereocenters. The summed E-state index contributed by atoms with van der Waals surface area (Å²) in [7, 11) is 0. The quantitative estimate of drug-likeness (QED) is 0.902. The van der Waals surface area contributed by atoms with E-state index in [9.17, 15) is 4.79 Å². The molecule has 0 radical (unpaired) electrons. The molecule has 0 bridgehead atoms. The Hall–Kier alpha value is -1.62. The van der Waals surface area contributed by atoms with Gasteiger partial charge in [-0.05, 0) is 37.2 Å². The van der Waals surface area contributed by atoms with E-state index in [4.69, 9.17) is 0 Å². The highest BCUT2D eigenvalue weighted by Crippen LogP contribution is 2.33. The second-order valence-corrected chi connectivity index (χ2v) is 6.85. The Bertz CT molecular complexity index is 644. The fourth-order valence-electron chi connectivity index (χ4n) is 2.87. The summed E-state index contributed by atoms with van der Waals surface area (Å²) in [6.45, 7) is 4.40. The number of fused-ring (bicyclic) bond motifs is 1. The van der Waals surface area contributed by atoms with Gasteiger partial charge >= 0.3 is 0 Å². The molecule has 0 spiro atoms. The Morgan fingerprint density at radius 2 is 2.43 bits per heavy atom. The number of nitrogens with zero attached hydrogens (tertiary/aromatic N) is 1. The summed E-state index contributed by atoms with van der Waals surface area (Å²) in [5, 5.41) is 12.0. The first-order valence-electron chi connectivity index (χ1n) is 7.62. The molecule has 2 heterocycles. The van der Waals surface area contributed by atoms with Crippen LogP contribution in [0.1, 0.15) is 53.2 Å². The molecule has 1 aliphatic carbocycles. The largest absolute Gasteiger partial charge is 0.305 e. The number of H-pyrrole nitrogens is 1. The van der Waals surface area contributed by atoms with Gasteiger partial charge in [0.15, 0.2) is 5.82 Å². The molecular weight excluding hydrogens is 282 g/mol. The second kappa shape index (κ2) is 6.02. The zero-order chi connectivity index (χ0) is 14.8. The SMILES string of the molecule is CCCc1cc(NC(=O)c2csc3c2CCC(C)C3)n[nH]1. The van der Waals surface area contributed by atoms with Crippen LogP contribution in [0.2, 0.25) is 0 Å². The number of amides is 1. The van der Waals surface area contributed by atoms with E-state index in [-0.39, 0.29) is 5.91 Å². The zero-order valence-corrected chi connectivity index (χ0v) is 13.3. The van der Waals surface area contributed by atoms with E-state index in [0.29, 0.717) is 5.82 Å². The monoisotopic (exact) mass is 303 g/mol. The fraction of sp³-hybridized carbons (Fsp3) is 0.500. The molecule has 1 atom stereocenters. The molecule has 0 saturated carbocycles. The maximum Gasteiger partial charge on any atom is 0.257 e. The molecule has 0 saturated heterocycles. The van der Waals surface area contributed by atoms with Crippen molar-refractivity contribution in [2.24, 2.45) is 5.92 Å². The standard InChI is InChI=1S/C16H21N3OS/c1-3-4-11-8-15(19-18-11)17-16(20)13-9-21-14-7-10(2)5-6-12(13)14/h8-10H,3-7H2,1-2H3,(H2,17,18,19,20). The Kier molecular flexibility index (Phi) is 4.10. The lowest BCUT2D eigenvalue weighted by molar-refractivity contribution is 0.102. The van der Waals surface area contributed by atoms with Gasteiger partial charge < -0.3 is 5.32 Å². The van der Waals surface area contributed by atoms with Gasteiger partial charge in [-0.25, -0.2) is 0 Å². The minimum absolute atomic E-state index is 0.0309. The Balaban J connectivity index is 1.73. The minimum Gasteiger partial charge on any atom is -0.305 e. The number of anilines is 1. The van der Waals surface area contributed by atoms with Crippen molar-refractivity contribution < 1.29 is 4.79 Å². The topological polar surface area (TPSA) is 57.8 Å². The van der Waals surface area contributed by atoms with Gasteiger partial charge in [0.2, 0.25) is 0 Å². The van der Waals surface area contributed by atoms with Crippen LogP contribution in [0.5, 0.6) is 0 Å². The zero-order valence-electron chi connectivity index (χ0n) is 12.5. The number of thiophene rings is 1. The Morgan fingerprint density at radius 1 is 1.57 bits per heavy atom. The molecule has 2 aromatic rings. The third-order valence-electron chi connectivity index (χ3n) is 4.04. The van der Waals surface area contributed by atoms with Crippen molar-refractivity contribution >= 4 is 23.1 Å². The van der Waals surface area contributed by atoms with Crippen molar-refractivity contribution in [3.05, 3.63) is 33.1 Å². The lowest BCUT2D eigenvalue weighted by atomic mass is 9.88. The van der Waals surface area contributed by atoms with Gasteiger partial charge in [-0.3, -0.25) is 9.89 Å². The van der Waals surface area contributed by atoms with Crippen molar-refractivity contribution in [2.45, 2.75) is 46.0 Å². The third-order valence-corrected chi connectivity index (χ3v) is 5.09. The van der Waals surface area contributed by atoms with Crippen LogP contribution in [-0.4, -0.2) is 16.1 Å². The average Bonchev–Trinajstić information content (AvgIpc) is 3.05. The van der Waals surface area contributed by atoms with E-state index in [1.165, 1.54) is 16.9 Å². The van der Waals surface area contributed by atoms with Gasteiger partial charge in [-0.2, -0.15) is 5.10 Å². The maximum atomic E-state index is 12.4. The molecule has 0 aliphatic heterocycles. The van der Waals surface area contributed by atoms with Crippen LogP contribution < -0.4 is 5.32 Å². The minimum atomic E-state index is -0.0309. The van der Waals surface area contributed by atoms with Crippen molar-refractivity contribution in [3.63, 3.8) is 0 Å². The van der Waals surface area contributed by atoms with Crippen LogP contribution in [-0.2, 0) is 19.3 Å². The molecule has 2 N–H and O–H groups in total. The fourth-order valence-corrected chi connectivity index (χ4v) is 4.12. The molecule has 0 aromatic carbocycles. The summed E-state index contributed by atoms with van der Waals surface area (Å²) in [5.74, 6) is 1.32. The number of aryl methyl sites for hydroxylation is 1. The summed E-state index contributed by atoms with van der Waals surface area (Å²) >= 11 is 1.72. The van der Waals surface area contributed by atoms with Crippen molar-refractivity contribution in [1.29, 1.82) is 0 Å². The predicted octanol–water partition coefficient (Wildman–Crippen LogP) is 3.80. The lowest BCUT2D eigenvalue weighted by Crippen LogP contribution is -2.16. The molecule has 1 aliphatic rings. The van der Waals surface area contributed by atoms with E-state index < -0.39 is 0 Å². The highest BCUT2D eigenvalue weighted by atomic mass is 32.1. The number of hydrogen-bond acceptors (Lipinski definition) is 3. The van der Waals surface area contributed by atoms with Crippen LogP contribution in [0.15, 0.2) is 11.4 Å². The first-order chi connectivity index (χ1) is 10.2. The summed E-state index contributed by atoms with van der Waals surface area (Å²) in [6, 6.07) is 1.92. The maximum absolute atomic E-state index is 12.4. The van der Waals surface area contributed by atoms with Gasteiger partial charge in [-0.1, -0.05) is 20.3 Å². The summed E-state index contributed by atoms with van der Waals surface area (Å²) in [6.07, 6.45) is 5.31. The molecule has 0 fully saturated rings. The summed E-state index contributed by atoms with van der Waals surface area (Å²) in [4.78, 5) is 13.8. The second-order valence-electron chi connectivity index (χ2n) is 5.88. The Morgan fingerprint density at radius 3 is 3.24 bits per heavy atom. The molecule has 112 valence electrons. The van der Waals surface area contributed by atoms with Gasteiger partial charge in [0.25, 0.3) is 5.91 Å². The highest BCUT2D eigenvalue weighted by Gasteiger charge is 2.23. The van der Waals surface area contributed by atoms with Gasteiger partial charge in [0.05, 0.1) is 5.56 Å². The number of aromatic nitrogens is 2. The first kappa shape index (κ1) is 14.3. The molecule has 4 nitrogen and oxygen atoms in total. The van der Waals surface area contributed by atoms with E-state index in [1.807, 2.05) is 11.4 Å². The van der Waals surface area contributed by atoms with E-state index in [0.717, 1.165) is 42.9 Å². The molecule has 21 heavy (non-hydrogen) atoms. The van der Waals surface area contributed by atoms with Gasteiger partial charge in [0, 0.05) is 22.0 Å². The highest BCUT2D eigenvalue weighted by molar-refractivity contribution is 7.10. The van der Waals surface area contributed by atoms with Crippen LogP contribution >= 0.6 is 11.3 Å². The molecule has 5 heteroatoms. The van der Waals surface area contributed by atoms with Crippen LogP contribution in [0.3, 0.4) is 0 Å². The Labute approximate surface area is 129 Å². The smallest absolute Gasteiger partial charge is 0.257 e. The van der Waals surface area contributed by atoms with Crippen molar-refractivity contribution in [2.75, 3.05) is 5.32 Å². The molecular formula is C16H21N3OS. The van der Waals surface area contributed by atoms with E-state index in [1.54, 1.807) is 11.3 Å². The average molecular weight is 303 g/mol. The predicted molar refractivity (Wildman–Crippen MR) is 86.0 cm³/mol. The number of aromatic amines is 1. The van der Waals surface area contributed by atoms with Crippen molar-refractivity contribution in [3.8, 4) is 0 Å². The van der Waals surface area contributed by atoms with Crippen molar-refractivity contribution in [1.82, 2.24) is 10.2 Å². The van der Waals surface area contributed by atoms with Gasteiger partial charge in [-0.15, -0.1) is 11.3 Å². The first-order valence-corrected chi connectivity index (χ1v) is 8.50. The third kappa shape index (κ3) is 3.02. The van der Waals surface area contributed by atoms with E-state index >= 15 is 0 Å². The molecule has 2 aromatic heterocycles. The molecule has 3 rings (SSSR count). The summed E-state index contributed by atoms with van der Waals surface area (Å²) in [5.41, 5.74) is 3.15. The number of carbonyl (C=O) groups is 1. The van der Waals surface area contributed by atoms with Crippen LogP contribution in [0.4, 0.5) is 5.82 Å².